The number of amides is 1. The van der Waals surface area contributed by atoms with Crippen LogP contribution in [0.5, 0.6) is 0 Å². The fraction of sp³-hybridized carbons (Fsp3) is 0.818. The van der Waals surface area contributed by atoms with Crippen molar-refractivity contribution in [3.63, 3.8) is 0 Å². The molecular formula is C11H20N2OS. The van der Waals surface area contributed by atoms with Crippen LogP contribution >= 0.6 is 12.2 Å². The third-order valence-corrected chi connectivity index (χ3v) is 3.82. The molecule has 0 radical (unpaired) electrons. The zero-order valence-electron chi connectivity index (χ0n) is 9.75. The van der Waals surface area contributed by atoms with Gasteiger partial charge in [0.25, 0.3) is 0 Å². The van der Waals surface area contributed by atoms with Crippen LogP contribution in [0.25, 0.3) is 0 Å². The Labute approximate surface area is 97.0 Å². The van der Waals surface area contributed by atoms with Crippen molar-refractivity contribution in [2.75, 3.05) is 7.05 Å². The Balaban J connectivity index is 2.91. The first kappa shape index (κ1) is 12.4. The van der Waals surface area contributed by atoms with Crippen LogP contribution in [0.4, 0.5) is 0 Å². The van der Waals surface area contributed by atoms with Crippen LogP contribution < -0.4 is 5.73 Å². The minimum atomic E-state index is -0.547. The highest BCUT2D eigenvalue weighted by molar-refractivity contribution is 7.80. The number of hydrogen-bond donors (Lipinski definition) is 1. The van der Waals surface area contributed by atoms with Gasteiger partial charge in [0, 0.05) is 13.1 Å². The van der Waals surface area contributed by atoms with E-state index >= 15 is 0 Å². The van der Waals surface area contributed by atoms with Gasteiger partial charge < -0.3 is 10.6 Å². The zero-order valence-corrected chi connectivity index (χ0v) is 10.6. The van der Waals surface area contributed by atoms with Crippen molar-refractivity contribution < 1.29 is 4.79 Å². The molecule has 0 aromatic heterocycles. The van der Waals surface area contributed by atoms with Crippen molar-refractivity contribution in [3.8, 4) is 0 Å². The molecule has 3 nitrogen and oxygen atoms in total. The predicted octanol–water partition coefficient (Wildman–Crippen LogP) is 1.70. The average molecular weight is 228 g/mol. The lowest BCUT2D eigenvalue weighted by Gasteiger charge is -2.33. The van der Waals surface area contributed by atoms with Crippen molar-refractivity contribution in [2.45, 2.75) is 45.6 Å². The molecule has 15 heavy (non-hydrogen) atoms. The van der Waals surface area contributed by atoms with Gasteiger partial charge in [-0.3, -0.25) is 4.79 Å². The number of carbonyl (C=O) groups excluding carboxylic acids is 1. The molecule has 0 unspecified atom stereocenters. The molecule has 1 amide bonds. The number of rotatable bonds is 3. The molecule has 0 spiro atoms. The normalized spacial score (nSPS) is 19.2. The predicted molar refractivity (Wildman–Crippen MR) is 65.6 cm³/mol. The third-order valence-electron chi connectivity index (χ3n) is 3.43. The highest BCUT2D eigenvalue weighted by Crippen LogP contribution is 2.40. The van der Waals surface area contributed by atoms with E-state index in [9.17, 15) is 4.79 Å². The lowest BCUT2D eigenvalue weighted by Crippen LogP contribution is -2.49. The van der Waals surface area contributed by atoms with E-state index in [0.29, 0.717) is 4.99 Å². The summed E-state index contributed by atoms with van der Waals surface area (Å²) in [7, 11) is 1.82. The summed E-state index contributed by atoms with van der Waals surface area (Å²) in [6.45, 7) is 4.00. The smallest absolute Gasteiger partial charge is 0.235 e. The third kappa shape index (κ3) is 2.14. The summed E-state index contributed by atoms with van der Waals surface area (Å²) >= 11 is 5.08. The Morgan fingerprint density at radius 2 is 1.87 bits per heavy atom. The summed E-state index contributed by atoms with van der Waals surface area (Å²) in [5, 5.41) is 0. The molecule has 1 saturated carbocycles. The quantitative estimate of drug-likeness (QED) is 0.748. The van der Waals surface area contributed by atoms with Crippen molar-refractivity contribution in [3.05, 3.63) is 0 Å². The first-order chi connectivity index (χ1) is 6.92. The summed E-state index contributed by atoms with van der Waals surface area (Å²) in [5.74, 6) is 0.0995. The minimum Gasteiger partial charge on any atom is -0.392 e. The SMILES string of the molecule is CC(C)N(C)C(=O)C1(C(N)=S)CCCC1. The lowest BCUT2D eigenvalue weighted by molar-refractivity contribution is -0.138. The van der Waals surface area contributed by atoms with E-state index in [-0.39, 0.29) is 11.9 Å². The second-order valence-corrected chi connectivity index (χ2v) is 5.10. The van der Waals surface area contributed by atoms with E-state index in [0.717, 1.165) is 25.7 Å². The average Bonchev–Trinajstić information content (AvgIpc) is 2.65. The Hall–Kier alpha value is -0.640. The Morgan fingerprint density at radius 3 is 2.20 bits per heavy atom. The maximum Gasteiger partial charge on any atom is 0.235 e. The second-order valence-electron chi connectivity index (χ2n) is 4.66. The van der Waals surface area contributed by atoms with Gasteiger partial charge in [0.05, 0.1) is 10.4 Å². The highest BCUT2D eigenvalue weighted by Gasteiger charge is 2.45. The van der Waals surface area contributed by atoms with Gasteiger partial charge in [0.1, 0.15) is 0 Å². The van der Waals surface area contributed by atoms with Gasteiger partial charge in [-0.1, -0.05) is 25.1 Å². The van der Waals surface area contributed by atoms with E-state index in [2.05, 4.69) is 0 Å². The zero-order chi connectivity index (χ0) is 11.6. The second kappa shape index (κ2) is 4.47. The van der Waals surface area contributed by atoms with Crippen LogP contribution in [0, 0.1) is 5.41 Å². The van der Waals surface area contributed by atoms with Gasteiger partial charge in [0.15, 0.2) is 0 Å². The largest absolute Gasteiger partial charge is 0.392 e. The van der Waals surface area contributed by atoms with Gasteiger partial charge in [0.2, 0.25) is 5.91 Å². The van der Waals surface area contributed by atoms with E-state index < -0.39 is 5.41 Å². The van der Waals surface area contributed by atoms with Crippen LogP contribution in [0.15, 0.2) is 0 Å². The van der Waals surface area contributed by atoms with Crippen LogP contribution in [-0.4, -0.2) is 28.9 Å². The molecule has 0 atom stereocenters. The van der Waals surface area contributed by atoms with Crippen molar-refractivity contribution in [2.24, 2.45) is 11.1 Å². The molecule has 1 rings (SSSR count). The Kier molecular flexibility index (Phi) is 3.71. The van der Waals surface area contributed by atoms with Gasteiger partial charge in [-0.2, -0.15) is 0 Å². The molecule has 0 bridgehead atoms. The van der Waals surface area contributed by atoms with Crippen LogP contribution in [0.3, 0.4) is 0 Å². The summed E-state index contributed by atoms with van der Waals surface area (Å²) < 4.78 is 0. The van der Waals surface area contributed by atoms with E-state index in [1.165, 1.54) is 0 Å². The number of carbonyl (C=O) groups is 1. The number of thiocarbonyl (C=S) groups is 1. The minimum absolute atomic E-state index is 0.0995. The topological polar surface area (TPSA) is 46.3 Å². The first-order valence-corrected chi connectivity index (χ1v) is 5.90. The molecule has 1 aliphatic carbocycles. The van der Waals surface area contributed by atoms with E-state index in [4.69, 9.17) is 18.0 Å². The van der Waals surface area contributed by atoms with Gasteiger partial charge in [-0.25, -0.2) is 0 Å². The summed E-state index contributed by atoms with van der Waals surface area (Å²) in [6.07, 6.45) is 3.74. The fourth-order valence-corrected chi connectivity index (χ4v) is 2.41. The van der Waals surface area contributed by atoms with Crippen LogP contribution in [-0.2, 0) is 4.79 Å². The van der Waals surface area contributed by atoms with Crippen LogP contribution in [0.1, 0.15) is 39.5 Å². The molecule has 0 aromatic carbocycles. The van der Waals surface area contributed by atoms with Crippen LogP contribution in [0.2, 0.25) is 0 Å². The molecular weight excluding hydrogens is 208 g/mol. The number of nitrogens with zero attached hydrogens (tertiary/aromatic N) is 1. The summed E-state index contributed by atoms with van der Waals surface area (Å²) in [6, 6.07) is 0.198. The van der Waals surface area contributed by atoms with Crippen molar-refractivity contribution >= 4 is 23.1 Å². The van der Waals surface area contributed by atoms with E-state index in [1.807, 2.05) is 20.9 Å². The highest BCUT2D eigenvalue weighted by atomic mass is 32.1. The monoisotopic (exact) mass is 228 g/mol. The number of nitrogens with two attached hydrogens (primary N) is 1. The standard InChI is InChI=1S/C11H20N2OS/c1-8(2)13(3)10(14)11(9(12)15)6-4-5-7-11/h8H,4-7H2,1-3H3,(H2,12,15). The van der Waals surface area contributed by atoms with E-state index in [1.54, 1.807) is 4.90 Å². The maximum atomic E-state index is 12.3. The molecule has 0 saturated heterocycles. The molecule has 0 aliphatic heterocycles. The van der Waals surface area contributed by atoms with Gasteiger partial charge >= 0.3 is 0 Å². The van der Waals surface area contributed by atoms with Crippen molar-refractivity contribution in [1.29, 1.82) is 0 Å². The molecule has 0 heterocycles. The maximum absolute atomic E-state index is 12.3. The van der Waals surface area contributed by atoms with Gasteiger partial charge in [-0.05, 0) is 26.7 Å². The molecule has 2 N–H and O–H groups in total. The fourth-order valence-electron chi connectivity index (χ4n) is 2.12. The first-order valence-electron chi connectivity index (χ1n) is 5.49. The molecule has 86 valence electrons. The Bertz CT molecular complexity index is 270. The molecule has 1 aliphatic rings. The molecule has 1 fully saturated rings. The summed E-state index contributed by atoms with van der Waals surface area (Å²) in [5.41, 5.74) is 5.21. The summed E-state index contributed by atoms with van der Waals surface area (Å²) in [4.78, 5) is 14.4. The van der Waals surface area contributed by atoms with Gasteiger partial charge in [-0.15, -0.1) is 0 Å². The molecule has 0 aromatic rings. The van der Waals surface area contributed by atoms with Crippen molar-refractivity contribution in [1.82, 2.24) is 4.90 Å². The Morgan fingerprint density at radius 1 is 1.40 bits per heavy atom. The lowest BCUT2D eigenvalue weighted by atomic mass is 9.84. The molecule has 4 heteroatoms. The number of hydrogen-bond acceptors (Lipinski definition) is 2.